The van der Waals surface area contributed by atoms with E-state index in [1.807, 2.05) is 0 Å². The van der Waals surface area contributed by atoms with Crippen LogP contribution in [0.3, 0.4) is 0 Å². The molecule has 1 aromatic carbocycles. The standard InChI is InChI=1S/C19H14F6N8O/c1-9-12(10(2)33-17(28-9)30-16(31-33)19(23,24)25)6-15(34)29-13-5-11(18(20,21)22)3-4-14(13)32-8-26-7-27-32/h3-5,7-8H,6H2,1-2H3,(H,29,34). The van der Waals surface area contributed by atoms with E-state index in [0.717, 1.165) is 22.7 Å². The maximum Gasteiger partial charge on any atom is 0.453 e. The molecular weight excluding hydrogens is 470 g/mol. The first-order valence-electron chi connectivity index (χ1n) is 9.50. The van der Waals surface area contributed by atoms with Gasteiger partial charge in [0.2, 0.25) is 5.91 Å². The zero-order valence-corrected chi connectivity index (χ0v) is 17.4. The van der Waals surface area contributed by atoms with E-state index in [0.29, 0.717) is 0 Å². The molecule has 4 rings (SSSR count). The second kappa shape index (κ2) is 8.07. The summed E-state index contributed by atoms with van der Waals surface area (Å²) in [4.78, 5) is 23.9. The zero-order chi connectivity index (χ0) is 24.8. The van der Waals surface area contributed by atoms with E-state index in [1.165, 1.54) is 31.2 Å². The Balaban J connectivity index is 1.68. The van der Waals surface area contributed by atoms with Gasteiger partial charge in [0.05, 0.1) is 23.4 Å². The van der Waals surface area contributed by atoms with Crippen molar-refractivity contribution in [2.45, 2.75) is 32.6 Å². The van der Waals surface area contributed by atoms with Crippen LogP contribution in [0.1, 0.15) is 28.3 Å². The van der Waals surface area contributed by atoms with Gasteiger partial charge in [-0.1, -0.05) is 0 Å². The summed E-state index contributed by atoms with van der Waals surface area (Å²) < 4.78 is 80.6. The Morgan fingerprint density at radius 3 is 2.41 bits per heavy atom. The fourth-order valence-electron chi connectivity index (χ4n) is 3.28. The predicted molar refractivity (Wildman–Crippen MR) is 104 cm³/mol. The van der Waals surface area contributed by atoms with Gasteiger partial charge >= 0.3 is 12.4 Å². The summed E-state index contributed by atoms with van der Waals surface area (Å²) in [5, 5.41) is 9.68. The monoisotopic (exact) mass is 484 g/mol. The molecule has 1 N–H and O–H groups in total. The lowest BCUT2D eigenvalue weighted by molar-refractivity contribution is -0.144. The Bertz CT molecular complexity index is 1370. The molecule has 0 unspecified atom stereocenters. The van der Waals surface area contributed by atoms with Crippen molar-refractivity contribution in [1.29, 1.82) is 0 Å². The highest BCUT2D eigenvalue weighted by Gasteiger charge is 2.37. The van der Waals surface area contributed by atoms with Crippen LogP contribution < -0.4 is 5.32 Å². The minimum atomic E-state index is -4.78. The lowest BCUT2D eigenvalue weighted by Crippen LogP contribution is -2.19. The highest BCUT2D eigenvalue weighted by molar-refractivity contribution is 5.94. The molecule has 0 saturated heterocycles. The number of benzene rings is 1. The van der Waals surface area contributed by atoms with Crippen LogP contribution in [-0.2, 0) is 23.6 Å². The van der Waals surface area contributed by atoms with E-state index in [2.05, 4.69) is 30.5 Å². The molecule has 15 heteroatoms. The van der Waals surface area contributed by atoms with Crippen molar-refractivity contribution in [3.63, 3.8) is 0 Å². The molecule has 178 valence electrons. The van der Waals surface area contributed by atoms with Crippen molar-refractivity contribution >= 4 is 17.4 Å². The Labute approximate surface area is 186 Å². The Hall–Kier alpha value is -4.04. The summed E-state index contributed by atoms with van der Waals surface area (Å²) in [5.41, 5.74) is -0.396. The number of fused-ring (bicyclic) bond motifs is 1. The van der Waals surface area contributed by atoms with Crippen LogP contribution in [-0.4, -0.2) is 40.3 Å². The minimum Gasteiger partial charge on any atom is -0.324 e. The van der Waals surface area contributed by atoms with Gasteiger partial charge in [0.25, 0.3) is 11.6 Å². The van der Waals surface area contributed by atoms with Crippen LogP contribution in [0.25, 0.3) is 11.5 Å². The predicted octanol–water partition coefficient (Wildman–Crippen LogP) is 3.54. The SMILES string of the molecule is Cc1nc2nc(C(F)(F)F)nn2c(C)c1CC(=O)Nc1cc(C(F)(F)F)ccc1-n1cncn1. The highest BCUT2D eigenvalue weighted by Crippen LogP contribution is 2.33. The third-order valence-corrected chi connectivity index (χ3v) is 4.90. The largest absolute Gasteiger partial charge is 0.453 e. The van der Waals surface area contributed by atoms with E-state index >= 15 is 0 Å². The first-order chi connectivity index (χ1) is 15.8. The van der Waals surface area contributed by atoms with Gasteiger partial charge in [-0.05, 0) is 32.0 Å². The Kier molecular flexibility index (Phi) is 5.49. The lowest BCUT2D eigenvalue weighted by Gasteiger charge is -2.15. The number of amides is 1. The second-order valence-corrected chi connectivity index (χ2v) is 7.20. The van der Waals surface area contributed by atoms with Gasteiger partial charge in [-0.25, -0.2) is 19.2 Å². The van der Waals surface area contributed by atoms with Crippen LogP contribution in [0.2, 0.25) is 0 Å². The van der Waals surface area contributed by atoms with Crippen molar-refractivity contribution < 1.29 is 31.1 Å². The van der Waals surface area contributed by atoms with Gasteiger partial charge < -0.3 is 5.32 Å². The molecule has 0 aliphatic rings. The normalized spacial score (nSPS) is 12.4. The third kappa shape index (κ3) is 4.40. The van der Waals surface area contributed by atoms with Crippen LogP contribution in [0.15, 0.2) is 30.9 Å². The van der Waals surface area contributed by atoms with Gasteiger partial charge in [-0.2, -0.15) is 36.4 Å². The number of aryl methyl sites for hydroxylation is 2. The van der Waals surface area contributed by atoms with E-state index in [4.69, 9.17) is 0 Å². The number of rotatable bonds is 4. The second-order valence-electron chi connectivity index (χ2n) is 7.20. The molecule has 0 aliphatic carbocycles. The number of nitrogens with zero attached hydrogens (tertiary/aromatic N) is 7. The van der Waals surface area contributed by atoms with Crippen molar-refractivity contribution in [3.8, 4) is 5.69 Å². The van der Waals surface area contributed by atoms with E-state index in [1.54, 1.807) is 0 Å². The summed E-state index contributed by atoms with van der Waals surface area (Å²) in [5.74, 6) is -2.41. The van der Waals surface area contributed by atoms with Crippen LogP contribution in [0.5, 0.6) is 0 Å². The number of hydrogen-bond acceptors (Lipinski definition) is 6. The number of anilines is 1. The van der Waals surface area contributed by atoms with Gasteiger partial charge in [0, 0.05) is 17.0 Å². The summed E-state index contributed by atoms with van der Waals surface area (Å²) >= 11 is 0. The molecule has 0 radical (unpaired) electrons. The van der Waals surface area contributed by atoms with Crippen molar-refractivity contribution in [3.05, 3.63) is 59.2 Å². The summed E-state index contributed by atoms with van der Waals surface area (Å²) in [6.45, 7) is 2.91. The molecule has 9 nitrogen and oxygen atoms in total. The Morgan fingerprint density at radius 2 is 1.79 bits per heavy atom. The molecule has 0 saturated carbocycles. The number of carbonyl (C=O) groups is 1. The summed E-state index contributed by atoms with van der Waals surface area (Å²) in [6, 6.07) is 2.72. The summed E-state index contributed by atoms with van der Waals surface area (Å²) in [6.07, 6.45) is -7.43. The molecule has 4 aromatic rings. The average Bonchev–Trinajstić information content (AvgIpc) is 3.40. The molecule has 1 amide bonds. The van der Waals surface area contributed by atoms with Crippen LogP contribution >= 0.6 is 0 Å². The maximum absolute atomic E-state index is 13.2. The fraction of sp³-hybridized carbons (Fsp3) is 0.263. The molecule has 0 spiro atoms. The molecule has 34 heavy (non-hydrogen) atoms. The third-order valence-electron chi connectivity index (χ3n) is 4.90. The van der Waals surface area contributed by atoms with Crippen LogP contribution in [0.4, 0.5) is 32.0 Å². The smallest absolute Gasteiger partial charge is 0.324 e. The van der Waals surface area contributed by atoms with Gasteiger partial charge in [0.15, 0.2) is 0 Å². The lowest BCUT2D eigenvalue weighted by atomic mass is 10.1. The van der Waals surface area contributed by atoms with E-state index < -0.39 is 36.1 Å². The molecule has 0 bridgehead atoms. The van der Waals surface area contributed by atoms with Gasteiger partial charge in [-0.15, -0.1) is 5.10 Å². The molecule has 3 heterocycles. The van der Waals surface area contributed by atoms with Gasteiger partial charge in [-0.3, -0.25) is 4.79 Å². The number of alkyl halides is 6. The van der Waals surface area contributed by atoms with Crippen molar-refractivity contribution in [2.24, 2.45) is 0 Å². The topological polar surface area (TPSA) is 103 Å². The maximum atomic E-state index is 13.2. The van der Waals surface area contributed by atoms with E-state index in [9.17, 15) is 31.1 Å². The number of aromatic nitrogens is 7. The molecule has 0 fully saturated rings. The minimum absolute atomic E-state index is 0.131. The van der Waals surface area contributed by atoms with Gasteiger partial charge in [0.1, 0.15) is 12.7 Å². The average molecular weight is 484 g/mol. The van der Waals surface area contributed by atoms with Crippen molar-refractivity contribution in [1.82, 2.24) is 34.3 Å². The number of nitrogens with one attached hydrogen (secondary N) is 1. The first kappa shape index (κ1) is 23.1. The number of carbonyl (C=O) groups excluding carboxylic acids is 1. The van der Waals surface area contributed by atoms with Crippen LogP contribution in [0, 0.1) is 13.8 Å². The molecule has 3 aromatic heterocycles. The zero-order valence-electron chi connectivity index (χ0n) is 17.4. The first-order valence-corrected chi connectivity index (χ1v) is 9.50. The Morgan fingerprint density at radius 1 is 1.06 bits per heavy atom. The summed E-state index contributed by atoms with van der Waals surface area (Å²) in [7, 11) is 0. The number of halogens is 6. The molecular formula is C19H14F6N8O. The molecule has 0 atom stereocenters. The fourth-order valence-corrected chi connectivity index (χ4v) is 3.28. The van der Waals surface area contributed by atoms with E-state index in [-0.39, 0.29) is 34.1 Å². The van der Waals surface area contributed by atoms with Crippen molar-refractivity contribution in [2.75, 3.05) is 5.32 Å². The highest BCUT2D eigenvalue weighted by atomic mass is 19.4. The quantitative estimate of drug-likeness (QED) is 0.445. The molecule has 0 aliphatic heterocycles. The number of hydrogen-bond donors (Lipinski definition) is 1.